The molecule has 26 heavy (non-hydrogen) atoms. The normalized spacial score (nSPS) is 12.6. The number of carbonyl (C=O) groups is 2. The Balaban J connectivity index is 2.26. The van der Waals surface area contributed by atoms with Crippen LogP contribution in [0.2, 0.25) is 5.02 Å². The Morgan fingerprint density at radius 1 is 1.04 bits per heavy atom. The van der Waals surface area contributed by atoms with Crippen molar-refractivity contribution in [3.8, 4) is 0 Å². The largest absolute Gasteiger partial charge is 0.481 e. The molecule has 0 radical (unpaired) electrons. The molecule has 1 unspecified atom stereocenters. The van der Waals surface area contributed by atoms with Gasteiger partial charge in [0.2, 0.25) is 0 Å². The van der Waals surface area contributed by atoms with E-state index >= 15 is 0 Å². The summed E-state index contributed by atoms with van der Waals surface area (Å²) in [6.07, 6.45) is 1.57. The molecule has 3 nitrogen and oxygen atoms in total. The number of hydrogen-bond donors (Lipinski definition) is 1. The molecule has 0 aliphatic rings. The van der Waals surface area contributed by atoms with E-state index in [1.807, 2.05) is 36.4 Å². The van der Waals surface area contributed by atoms with Crippen molar-refractivity contribution >= 4 is 23.4 Å². The summed E-state index contributed by atoms with van der Waals surface area (Å²) < 4.78 is 0. The van der Waals surface area contributed by atoms with Crippen LogP contribution in [0.1, 0.15) is 61.0 Å². The van der Waals surface area contributed by atoms with Crippen molar-refractivity contribution in [1.29, 1.82) is 0 Å². The average Bonchev–Trinajstić information content (AvgIpc) is 2.61. The number of carboxylic acid groups (broad SMARTS) is 1. The highest BCUT2D eigenvalue weighted by Gasteiger charge is 2.32. The van der Waals surface area contributed by atoms with Gasteiger partial charge in [0.1, 0.15) is 0 Å². The lowest BCUT2D eigenvalue weighted by molar-refractivity contribution is -0.147. The third kappa shape index (κ3) is 5.18. The first-order valence-corrected chi connectivity index (χ1v) is 9.21. The minimum Gasteiger partial charge on any atom is -0.481 e. The van der Waals surface area contributed by atoms with Gasteiger partial charge >= 0.3 is 5.97 Å². The molecule has 0 heterocycles. The van der Waals surface area contributed by atoms with Crippen LogP contribution < -0.4 is 0 Å². The van der Waals surface area contributed by atoms with Crippen molar-refractivity contribution in [2.75, 3.05) is 0 Å². The standard InChI is InChI=1S/C22H25ClO3/c1-4-15-5-7-17(8-6-15)20(24)13-18(14-22(2,3)21(25)26)16-9-11-19(23)12-10-16/h5-12,18H,4,13-14H2,1-3H3,(H,25,26). The number of Topliss-reactive ketones (excluding diaryl/α,β-unsaturated/α-hetero) is 1. The maximum absolute atomic E-state index is 12.8. The average molecular weight is 373 g/mol. The molecule has 0 aliphatic carbocycles. The van der Waals surface area contributed by atoms with Crippen LogP contribution in [0.5, 0.6) is 0 Å². The first-order valence-electron chi connectivity index (χ1n) is 8.84. The predicted molar refractivity (Wildman–Crippen MR) is 105 cm³/mol. The van der Waals surface area contributed by atoms with Gasteiger partial charge in [0, 0.05) is 17.0 Å². The van der Waals surface area contributed by atoms with Gasteiger partial charge in [0.15, 0.2) is 5.78 Å². The maximum atomic E-state index is 12.8. The van der Waals surface area contributed by atoms with Crippen molar-refractivity contribution in [3.63, 3.8) is 0 Å². The molecule has 0 bridgehead atoms. The summed E-state index contributed by atoms with van der Waals surface area (Å²) in [5, 5.41) is 10.1. The fourth-order valence-electron chi connectivity index (χ4n) is 3.01. The number of benzene rings is 2. The summed E-state index contributed by atoms with van der Waals surface area (Å²) in [6, 6.07) is 14.9. The van der Waals surface area contributed by atoms with E-state index in [9.17, 15) is 14.7 Å². The van der Waals surface area contributed by atoms with E-state index < -0.39 is 11.4 Å². The van der Waals surface area contributed by atoms with Crippen LogP contribution in [0, 0.1) is 5.41 Å². The Hall–Kier alpha value is -2.13. The molecule has 2 aromatic carbocycles. The lowest BCUT2D eigenvalue weighted by Crippen LogP contribution is -2.27. The van der Waals surface area contributed by atoms with Gasteiger partial charge < -0.3 is 5.11 Å². The summed E-state index contributed by atoms with van der Waals surface area (Å²) in [7, 11) is 0. The van der Waals surface area contributed by atoms with Gasteiger partial charge in [0.05, 0.1) is 5.41 Å². The van der Waals surface area contributed by atoms with E-state index in [0.29, 0.717) is 17.0 Å². The molecular formula is C22H25ClO3. The van der Waals surface area contributed by atoms with Crippen LogP contribution in [-0.4, -0.2) is 16.9 Å². The molecule has 0 aliphatic heterocycles. The van der Waals surface area contributed by atoms with E-state index in [-0.39, 0.29) is 18.1 Å². The third-order valence-corrected chi connectivity index (χ3v) is 5.05. The molecule has 0 fully saturated rings. The minimum absolute atomic E-state index is 0.0220. The molecule has 0 amide bonds. The molecule has 2 rings (SSSR count). The Morgan fingerprint density at radius 3 is 2.12 bits per heavy atom. The number of hydrogen-bond acceptors (Lipinski definition) is 2. The van der Waals surface area contributed by atoms with Crippen LogP contribution >= 0.6 is 11.6 Å². The molecule has 138 valence electrons. The zero-order valence-electron chi connectivity index (χ0n) is 15.5. The molecule has 1 atom stereocenters. The number of ketones is 1. The van der Waals surface area contributed by atoms with Crippen molar-refractivity contribution in [1.82, 2.24) is 0 Å². The quantitative estimate of drug-likeness (QED) is 0.599. The van der Waals surface area contributed by atoms with Crippen LogP contribution in [0.4, 0.5) is 0 Å². The van der Waals surface area contributed by atoms with Crippen molar-refractivity contribution in [3.05, 3.63) is 70.2 Å². The number of aliphatic carboxylic acids is 1. The predicted octanol–water partition coefficient (Wildman–Crippen LogP) is 5.76. The van der Waals surface area contributed by atoms with Gasteiger partial charge in [0.25, 0.3) is 0 Å². The molecular weight excluding hydrogens is 348 g/mol. The zero-order chi connectivity index (χ0) is 19.3. The molecule has 0 spiro atoms. The molecule has 1 N–H and O–H groups in total. The number of rotatable bonds is 8. The highest BCUT2D eigenvalue weighted by atomic mass is 35.5. The van der Waals surface area contributed by atoms with Crippen LogP contribution in [0.25, 0.3) is 0 Å². The minimum atomic E-state index is -0.920. The van der Waals surface area contributed by atoms with Crippen molar-refractivity contribution < 1.29 is 14.7 Å². The zero-order valence-corrected chi connectivity index (χ0v) is 16.2. The second kappa shape index (κ2) is 8.50. The van der Waals surface area contributed by atoms with E-state index in [1.165, 1.54) is 5.56 Å². The monoisotopic (exact) mass is 372 g/mol. The van der Waals surface area contributed by atoms with Crippen LogP contribution in [-0.2, 0) is 11.2 Å². The van der Waals surface area contributed by atoms with E-state index in [0.717, 1.165) is 12.0 Å². The summed E-state index contributed by atoms with van der Waals surface area (Å²) in [6.45, 7) is 5.46. The second-order valence-electron chi connectivity index (χ2n) is 7.32. The molecule has 4 heteroatoms. The topological polar surface area (TPSA) is 54.4 Å². The van der Waals surface area contributed by atoms with Gasteiger partial charge in [-0.3, -0.25) is 9.59 Å². The Morgan fingerprint density at radius 2 is 1.62 bits per heavy atom. The number of carboxylic acids is 1. The molecule has 0 aromatic heterocycles. The Kier molecular flexibility index (Phi) is 6.60. The first kappa shape index (κ1) is 20.2. The van der Waals surface area contributed by atoms with Crippen LogP contribution in [0.3, 0.4) is 0 Å². The highest BCUT2D eigenvalue weighted by Crippen LogP contribution is 2.35. The summed E-state index contributed by atoms with van der Waals surface area (Å²) >= 11 is 5.97. The van der Waals surface area contributed by atoms with E-state index in [1.54, 1.807) is 26.0 Å². The summed E-state index contributed by atoms with van der Waals surface area (Å²) in [5.74, 6) is -1.03. The Bertz CT molecular complexity index is 761. The summed E-state index contributed by atoms with van der Waals surface area (Å²) in [5.41, 5.74) is 1.86. The molecule has 0 saturated heterocycles. The van der Waals surface area contributed by atoms with Gasteiger partial charge in [-0.05, 0) is 55.9 Å². The highest BCUT2D eigenvalue weighted by molar-refractivity contribution is 6.30. The fourth-order valence-corrected chi connectivity index (χ4v) is 3.14. The van der Waals surface area contributed by atoms with Crippen molar-refractivity contribution in [2.24, 2.45) is 5.41 Å². The number of halogens is 1. The number of carbonyl (C=O) groups excluding carboxylic acids is 1. The SMILES string of the molecule is CCc1ccc(C(=O)CC(CC(C)(C)C(=O)O)c2ccc(Cl)cc2)cc1. The maximum Gasteiger partial charge on any atom is 0.309 e. The molecule has 2 aromatic rings. The lowest BCUT2D eigenvalue weighted by Gasteiger charge is -2.26. The van der Waals surface area contributed by atoms with E-state index in [4.69, 9.17) is 11.6 Å². The smallest absolute Gasteiger partial charge is 0.309 e. The van der Waals surface area contributed by atoms with Crippen LogP contribution in [0.15, 0.2) is 48.5 Å². The fraction of sp³-hybridized carbons (Fsp3) is 0.364. The van der Waals surface area contributed by atoms with E-state index in [2.05, 4.69) is 6.92 Å². The Labute approximate surface area is 160 Å². The lowest BCUT2D eigenvalue weighted by atomic mass is 9.77. The molecule has 0 saturated carbocycles. The number of aryl methyl sites for hydroxylation is 1. The summed E-state index contributed by atoms with van der Waals surface area (Å²) in [4.78, 5) is 24.3. The van der Waals surface area contributed by atoms with Gasteiger partial charge in [-0.15, -0.1) is 0 Å². The van der Waals surface area contributed by atoms with Gasteiger partial charge in [-0.1, -0.05) is 54.9 Å². The first-order chi connectivity index (χ1) is 12.2. The third-order valence-electron chi connectivity index (χ3n) is 4.79. The van der Waals surface area contributed by atoms with Gasteiger partial charge in [-0.2, -0.15) is 0 Å². The second-order valence-corrected chi connectivity index (χ2v) is 7.76. The van der Waals surface area contributed by atoms with Crippen molar-refractivity contribution in [2.45, 2.75) is 46.0 Å². The van der Waals surface area contributed by atoms with Gasteiger partial charge in [-0.25, -0.2) is 0 Å².